The number of carbonyl (C=O) groups is 1. The molecule has 1 saturated carbocycles. The predicted molar refractivity (Wildman–Crippen MR) is 102 cm³/mol. The number of hydrogen-bond donors (Lipinski definition) is 1. The summed E-state index contributed by atoms with van der Waals surface area (Å²) in [4.78, 5) is 14.3. The van der Waals surface area contributed by atoms with Gasteiger partial charge in [-0.3, -0.25) is 14.4 Å². The summed E-state index contributed by atoms with van der Waals surface area (Å²) in [7, 11) is 0. The minimum atomic E-state index is -0.376. The van der Waals surface area contributed by atoms with Crippen LogP contribution in [-0.4, -0.2) is 27.1 Å². The number of rotatable bonds is 5. The van der Waals surface area contributed by atoms with E-state index in [9.17, 15) is 9.18 Å². The quantitative estimate of drug-likeness (QED) is 0.850. The molecule has 0 saturated heterocycles. The van der Waals surface area contributed by atoms with Crippen LogP contribution in [0.1, 0.15) is 42.6 Å². The number of aromatic nitrogens is 2. The van der Waals surface area contributed by atoms with Gasteiger partial charge in [-0.2, -0.15) is 5.10 Å². The van der Waals surface area contributed by atoms with Gasteiger partial charge in [-0.25, -0.2) is 4.39 Å². The van der Waals surface area contributed by atoms with E-state index in [-0.39, 0.29) is 22.7 Å². The van der Waals surface area contributed by atoms with Gasteiger partial charge in [0, 0.05) is 32.1 Å². The highest BCUT2D eigenvalue weighted by atomic mass is 35.5. The fourth-order valence-electron chi connectivity index (χ4n) is 3.70. The summed E-state index contributed by atoms with van der Waals surface area (Å²) in [6.07, 6.45) is 4.15. The first-order valence-electron chi connectivity index (χ1n) is 9.58. The van der Waals surface area contributed by atoms with Crippen LogP contribution in [0.5, 0.6) is 0 Å². The molecule has 7 heteroatoms. The molecule has 1 aliphatic carbocycles. The van der Waals surface area contributed by atoms with Crippen molar-refractivity contribution in [3.8, 4) is 0 Å². The minimum Gasteiger partial charge on any atom is -0.350 e. The van der Waals surface area contributed by atoms with E-state index in [0.717, 1.165) is 62.3 Å². The van der Waals surface area contributed by atoms with E-state index in [1.165, 1.54) is 6.07 Å². The number of aryl methyl sites for hydroxylation is 1. The van der Waals surface area contributed by atoms with Crippen molar-refractivity contribution in [2.45, 2.75) is 51.9 Å². The van der Waals surface area contributed by atoms with Gasteiger partial charge in [0.2, 0.25) is 5.91 Å². The highest BCUT2D eigenvalue weighted by Crippen LogP contribution is 2.26. The molecule has 0 radical (unpaired) electrons. The lowest BCUT2D eigenvalue weighted by atomic mass is 9.85. The highest BCUT2D eigenvalue weighted by Gasteiger charge is 2.25. The zero-order valence-corrected chi connectivity index (χ0v) is 16.0. The molecule has 2 heterocycles. The summed E-state index contributed by atoms with van der Waals surface area (Å²) in [5.74, 6) is -0.0324. The zero-order chi connectivity index (χ0) is 18.8. The van der Waals surface area contributed by atoms with Gasteiger partial charge in [-0.1, -0.05) is 24.1 Å². The summed E-state index contributed by atoms with van der Waals surface area (Å²) >= 11 is 5.77. The molecule has 0 unspecified atom stereocenters. The lowest BCUT2D eigenvalue weighted by Gasteiger charge is -2.23. The predicted octanol–water partition coefficient (Wildman–Crippen LogP) is 3.50. The van der Waals surface area contributed by atoms with Crippen LogP contribution >= 0.6 is 11.6 Å². The number of benzene rings is 1. The molecule has 1 aromatic carbocycles. The number of carbonyl (C=O) groups excluding carboxylic acids is 1. The van der Waals surface area contributed by atoms with Crippen molar-refractivity contribution in [2.24, 2.45) is 5.92 Å². The van der Waals surface area contributed by atoms with Crippen LogP contribution in [-0.2, 0) is 31.0 Å². The largest absolute Gasteiger partial charge is 0.350 e. The van der Waals surface area contributed by atoms with E-state index in [1.54, 1.807) is 6.07 Å². The van der Waals surface area contributed by atoms with Crippen molar-refractivity contribution in [3.05, 3.63) is 52.1 Å². The Morgan fingerprint density at radius 1 is 1.26 bits per heavy atom. The van der Waals surface area contributed by atoms with Gasteiger partial charge in [-0.05, 0) is 43.0 Å². The first-order chi connectivity index (χ1) is 13.1. The number of fused-ring (bicyclic) bond motifs is 1. The molecule has 0 spiro atoms. The molecular formula is C20H24ClFN4O. The molecule has 1 aliphatic heterocycles. The first kappa shape index (κ1) is 18.4. The number of amides is 1. The Morgan fingerprint density at radius 3 is 2.85 bits per heavy atom. The Labute approximate surface area is 163 Å². The van der Waals surface area contributed by atoms with E-state index >= 15 is 0 Å². The smallest absolute Gasteiger partial charge is 0.223 e. The van der Waals surface area contributed by atoms with Gasteiger partial charge in [-0.15, -0.1) is 0 Å². The van der Waals surface area contributed by atoms with E-state index in [4.69, 9.17) is 11.6 Å². The third-order valence-corrected chi connectivity index (χ3v) is 5.76. The molecule has 1 amide bonds. The second kappa shape index (κ2) is 7.98. The first-order valence-corrected chi connectivity index (χ1v) is 9.96. The van der Waals surface area contributed by atoms with E-state index in [0.29, 0.717) is 13.1 Å². The molecule has 4 rings (SSSR count). The molecule has 2 aliphatic rings. The monoisotopic (exact) mass is 390 g/mol. The molecule has 0 bridgehead atoms. The zero-order valence-electron chi connectivity index (χ0n) is 15.3. The number of hydrogen-bond acceptors (Lipinski definition) is 3. The Bertz CT molecular complexity index is 833. The third-order valence-electron chi connectivity index (χ3n) is 5.45. The highest BCUT2D eigenvalue weighted by molar-refractivity contribution is 6.30. The Hall–Kier alpha value is -1.92. The van der Waals surface area contributed by atoms with Gasteiger partial charge < -0.3 is 5.32 Å². The van der Waals surface area contributed by atoms with Crippen LogP contribution in [0.25, 0.3) is 0 Å². The van der Waals surface area contributed by atoms with Crippen LogP contribution in [0.4, 0.5) is 4.39 Å². The van der Waals surface area contributed by atoms with E-state index in [2.05, 4.69) is 21.4 Å². The maximum absolute atomic E-state index is 13.7. The maximum atomic E-state index is 13.7. The van der Waals surface area contributed by atoms with Gasteiger partial charge >= 0.3 is 0 Å². The topological polar surface area (TPSA) is 50.2 Å². The van der Waals surface area contributed by atoms with Crippen molar-refractivity contribution in [1.29, 1.82) is 0 Å². The fourth-order valence-corrected chi connectivity index (χ4v) is 3.82. The van der Waals surface area contributed by atoms with Crippen molar-refractivity contribution in [2.75, 3.05) is 6.54 Å². The normalized spacial score (nSPS) is 17.9. The average molecular weight is 391 g/mol. The lowest BCUT2D eigenvalue weighted by molar-refractivity contribution is -0.127. The molecular weight excluding hydrogens is 367 g/mol. The summed E-state index contributed by atoms with van der Waals surface area (Å²) < 4.78 is 15.7. The van der Waals surface area contributed by atoms with Crippen LogP contribution in [0.3, 0.4) is 0 Å². The average Bonchev–Trinajstić information content (AvgIpc) is 2.87. The molecule has 1 aromatic heterocycles. The van der Waals surface area contributed by atoms with Crippen molar-refractivity contribution in [3.63, 3.8) is 0 Å². The number of halogens is 2. The third kappa shape index (κ3) is 4.33. The van der Waals surface area contributed by atoms with Crippen LogP contribution in [0.2, 0.25) is 5.02 Å². The van der Waals surface area contributed by atoms with Gasteiger partial charge in [0.15, 0.2) is 0 Å². The summed E-state index contributed by atoms with van der Waals surface area (Å²) in [5.41, 5.74) is 2.95. The Morgan fingerprint density at radius 2 is 2.11 bits per heavy atom. The number of nitrogens with zero attached hydrogens (tertiary/aromatic N) is 3. The Kier molecular flexibility index (Phi) is 5.45. The number of nitrogens with one attached hydrogen (secondary N) is 1. The van der Waals surface area contributed by atoms with Crippen molar-refractivity contribution < 1.29 is 9.18 Å². The van der Waals surface area contributed by atoms with E-state index in [1.807, 2.05) is 10.7 Å². The summed E-state index contributed by atoms with van der Waals surface area (Å²) in [6, 6.07) is 7.06. The maximum Gasteiger partial charge on any atom is 0.223 e. The second-order valence-corrected chi connectivity index (χ2v) is 7.92. The Balaban J connectivity index is 1.38. The van der Waals surface area contributed by atoms with Crippen LogP contribution < -0.4 is 5.32 Å². The SMILES string of the molecule is O=C(NCc1cc2n(n1)CCCN(Cc1ccc(Cl)c(F)c1)C2)C1CCC1. The van der Waals surface area contributed by atoms with Gasteiger partial charge in [0.1, 0.15) is 5.82 Å². The van der Waals surface area contributed by atoms with Gasteiger partial charge in [0.05, 0.1) is 23.0 Å². The molecule has 1 fully saturated rings. The van der Waals surface area contributed by atoms with Crippen LogP contribution in [0, 0.1) is 11.7 Å². The molecule has 5 nitrogen and oxygen atoms in total. The lowest BCUT2D eigenvalue weighted by Crippen LogP contribution is -2.34. The van der Waals surface area contributed by atoms with Gasteiger partial charge in [0.25, 0.3) is 0 Å². The molecule has 144 valence electrons. The minimum absolute atomic E-state index is 0.149. The molecule has 0 atom stereocenters. The van der Waals surface area contributed by atoms with Crippen molar-refractivity contribution in [1.82, 2.24) is 20.0 Å². The standard InChI is InChI=1S/C20H24ClFN4O/c21-18-6-5-14(9-19(18)22)12-25-7-2-8-26-17(13-25)10-16(24-26)11-23-20(27)15-3-1-4-15/h5-6,9-10,15H,1-4,7-8,11-13H2,(H,23,27). The molecule has 2 aromatic rings. The fraction of sp³-hybridized carbons (Fsp3) is 0.500. The van der Waals surface area contributed by atoms with E-state index < -0.39 is 0 Å². The molecule has 1 N–H and O–H groups in total. The summed E-state index contributed by atoms with van der Waals surface area (Å²) in [5, 5.41) is 7.81. The second-order valence-electron chi connectivity index (χ2n) is 7.51. The molecule has 27 heavy (non-hydrogen) atoms. The van der Waals surface area contributed by atoms with Crippen molar-refractivity contribution >= 4 is 17.5 Å². The summed E-state index contributed by atoms with van der Waals surface area (Å²) in [6.45, 7) is 3.71. The van der Waals surface area contributed by atoms with Crippen LogP contribution in [0.15, 0.2) is 24.3 Å².